The van der Waals surface area contributed by atoms with E-state index in [0.717, 1.165) is 38.2 Å². The lowest BCUT2D eigenvalue weighted by molar-refractivity contribution is 0.0951. The van der Waals surface area contributed by atoms with Crippen LogP contribution in [0.3, 0.4) is 0 Å². The van der Waals surface area contributed by atoms with E-state index in [2.05, 4.69) is 17.6 Å². The molecule has 21 heavy (non-hydrogen) atoms. The summed E-state index contributed by atoms with van der Waals surface area (Å²) >= 11 is 0. The summed E-state index contributed by atoms with van der Waals surface area (Å²) in [5.74, 6) is 1.52. The Kier molecular flexibility index (Phi) is 6.05. The van der Waals surface area contributed by atoms with Crippen LogP contribution in [0, 0.1) is 5.92 Å². The predicted molar refractivity (Wildman–Crippen MR) is 84.7 cm³/mol. The number of carbonyl (C=O) groups is 1. The van der Waals surface area contributed by atoms with E-state index in [-0.39, 0.29) is 12.0 Å². The number of hydrogen-bond donors (Lipinski definition) is 2. The Morgan fingerprint density at radius 3 is 2.81 bits per heavy atom. The fourth-order valence-electron chi connectivity index (χ4n) is 2.45. The van der Waals surface area contributed by atoms with Crippen molar-refractivity contribution in [1.82, 2.24) is 10.6 Å². The number of hydrogen-bond acceptors (Lipinski definition) is 3. The quantitative estimate of drug-likeness (QED) is 0.811. The third-order valence-electron chi connectivity index (χ3n) is 4.03. The summed E-state index contributed by atoms with van der Waals surface area (Å²) in [5.41, 5.74) is 0.691. The van der Waals surface area contributed by atoms with Gasteiger partial charge in [-0.3, -0.25) is 4.79 Å². The zero-order valence-corrected chi connectivity index (χ0v) is 13.0. The van der Waals surface area contributed by atoms with E-state index >= 15 is 0 Å². The standard InChI is InChI=1S/C17H26N2O2/c1-3-13(2)21-16-6-4-15(5-7-16)17(20)19-11-9-14-8-10-18-12-14/h4-7,13-14,18H,3,8-12H2,1-2H3,(H,19,20). The van der Waals surface area contributed by atoms with E-state index in [1.54, 1.807) is 0 Å². The molecule has 2 unspecified atom stereocenters. The monoisotopic (exact) mass is 290 g/mol. The number of amides is 1. The lowest BCUT2D eigenvalue weighted by atomic mass is 10.1. The van der Waals surface area contributed by atoms with Crippen molar-refractivity contribution in [1.29, 1.82) is 0 Å². The molecule has 2 N–H and O–H groups in total. The minimum Gasteiger partial charge on any atom is -0.491 e. The van der Waals surface area contributed by atoms with Crippen molar-refractivity contribution in [3.8, 4) is 5.75 Å². The molecule has 1 fully saturated rings. The molecular weight excluding hydrogens is 264 g/mol. The van der Waals surface area contributed by atoms with Crippen LogP contribution >= 0.6 is 0 Å². The van der Waals surface area contributed by atoms with Crippen LogP contribution in [0.15, 0.2) is 24.3 Å². The molecule has 2 atom stereocenters. The van der Waals surface area contributed by atoms with Crippen LogP contribution in [-0.2, 0) is 0 Å². The van der Waals surface area contributed by atoms with E-state index in [1.807, 2.05) is 31.2 Å². The smallest absolute Gasteiger partial charge is 0.251 e. The molecule has 116 valence electrons. The molecule has 0 radical (unpaired) electrons. The third-order valence-corrected chi connectivity index (χ3v) is 4.03. The SMILES string of the molecule is CCC(C)Oc1ccc(C(=O)NCCC2CCNC2)cc1. The Morgan fingerprint density at radius 1 is 1.43 bits per heavy atom. The number of ether oxygens (including phenoxy) is 1. The predicted octanol–water partition coefficient (Wildman–Crippen LogP) is 2.59. The molecule has 0 saturated carbocycles. The minimum absolute atomic E-state index is 0.00366. The van der Waals surface area contributed by atoms with Gasteiger partial charge in [0.15, 0.2) is 0 Å². The first-order chi connectivity index (χ1) is 10.2. The first-order valence-electron chi connectivity index (χ1n) is 7.94. The van der Waals surface area contributed by atoms with Crippen molar-refractivity contribution in [3.05, 3.63) is 29.8 Å². The van der Waals surface area contributed by atoms with Crippen LogP contribution < -0.4 is 15.4 Å². The van der Waals surface area contributed by atoms with E-state index in [1.165, 1.54) is 6.42 Å². The first-order valence-corrected chi connectivity index (χ1v) is 7.94. The van der Waals surface area contributed by atoms with Crippen molar-refractivity contribution in [2.75, 3.05) is 19.6 Å². The van der Waals surface area contributed by atoms with Crippen LogP contribution in [0.2, 0.25) is 0 Å². The molecule has 0 spiro atoms. The summed E-state index contributed by atoms with van der Waals surface area (Å²) in [7, 11) is 0. The molecule has 1 saturated heterocycles. The Hall–Kier alpha value is -1.55. The number of rotatable bonds is 7. The molecule has 0 aliphatic carbocycles. The van der Waals surface area contributed by atoms with Gasteiger partial charge < -0.3 is 15.4 Å². The highest BCUT2D eigenvalue weighted by Gasteiger charge is 2.14. The molecule has 0 aromatic heterocycles. The lowest BCUT2D eigenvalue weighted by Gasteiger charge is -2.13. The zero-order chi connectivity index (χ0) is 15.1. The van der Waals surface area contributed by atoms with Crippen molar-refractivity contribution >= 4 is 5.91 Å². The Labute approximate surface area is 127 Å². The minimum atomic E-state index is -0.00366. The average molecular weight is 290 g/mol. The van der Waals surface area contributed by atoms with Crippen LogP contribution in [0.1, 0.15) is 43.5 Å². The Balaban J connectivity index is 1.76. The molecule has 1 amide bonds. The van der Waals surface area contributed by atoms with E-state index < -0.39 is 0 Å². The molecule has 1 aromatic carbocycles. The molecule has 1 aliphatic heterocycles. The molecular formula is C17H26N2O2. The van der Waals surface area contributed by atoms with Gasteiger partial charge in [-0.05, 0) is 69.5 Å². The first kappa shape index (κ1) is 15.8. The highest BCUT2D eigenvalue weighted by atomic mass is 16.5. The number of carbonyl (C=O) groups excluding carboxylic acids is 1. The zero-order valence-electron chi connectivity index (χ0n) is 13.0. The normalized spacial score (nSPS) is 19.2. The summed E-state index contributed by atoms with van der Waals surface area (Å²) in [5, 5.41) is 6.33. The van der Waals surface area contributed by atoms with Gasteiger partial charge in [-0.25, -0.2) is 0 Å². The highest BCUT2D eigenvalue weighted by molar-refractivity contribution is 5.94. The van der Waals surface area contributed by atoms with E-state index in [4.69, 9.17) is 4.74 Å². The van der Waals surface area contributed by atoms with Crippen molar-refractivity contribution < 1.29 is 9.53 Å². The van der Waals surface area contributed by atoms with Crippen molar-refractivity contribution in [3.63, 3.8) is 0 Å². The summed E-state index contributed by atoms with van der Waals surface area (Å²) in [6.07, 6.45) is 3.44. The Bertz CT molecular complexity index is 439. The molecule has 1 aromatic rings. The van der Waals surface area contributed by atoms with Crippen LogP contribution in [0.25, 0.3) is 0 Å². The second-order valence-corrected chi connectivity index (χ2v) is 5.76. The van der Waals surface area contributed by atoms with E-state index in [9.17, 15) is 4.79 Å². The van der Waals surface area contributed by atoms with Crippen LogP contribution in [0.5, 0.6) is 5.75 Å². The average Bonchev–Trinajstić information content (AvgIpc) is 3.01. The molecule has 2 rings (SSSR count). The maximum Gasteiger partial charge on any atom is 0.251 e. The van der Waals surface area contributed by atoms with Gasteiger partial charge in [0.1, 0.15) is 5.75 Å². The summed E-state index contributed by atoms with van der Waals surface area (Å²) in [6, 6.07) is 7.37. The van der Waals surface area contributed by atoms with Crippen LogP contribution in [-0.4, -0.2) is 31.6 Å². The summed E-state index contributed by atoms with van der Waals surface area (Å²) < 4.78 is 5.71. The lowest BCUT2D eigenvalue weighted by Crippen LogP contribution is -2.26. The fourth-order valence-corrected chi connectivity index (χ4v) is 2.45. The molecule has 0 bridgehead atoms. The van der Waals surface area contributed by atoms with E-state index in [0.29, 0.717) is 11.5 Å². The van der Waals surface area contributed by atoms with Gasteiger partial charge in [0, 0.05) is 12.1 Å². The fraction of sp³-hybridized carbons (Fsp3) is 0.588. The molecule has 4 nitrogen and oxygen atoms in total. The van der Waals surface area contributed by atoms with Gasteiger partial charge in [-0.15, -0.1) is 0 Å². The van der Waals surface area contributed by atoms with Crippen molar-refractivity contribution in [2.24, 2.45) is 5.92 Å². The maximum absolute atomic E-state index is 12.0. The topological polar surface area (TPSA) is 50.4 Å². The summed E-state index contributed by atoms with van der Waals surface area (Å²) in [4.78, 5) is 12.0. The largest absolute Gasteiger partial charge is 0.491 e. The Morgan fingerprint density at radius 2 is 2.19 bits per heavy atom. The molecule has 1 heterocycles. The third kappa shape index (κ3) is 5.05. The second-order valence-electron chi connectivity index (χ2n) is 5.76. The molecule has 1 aliphatic rings. The van der Waals surface area contributed by atoms with Gasteiger partial charge in [-0.2, -0.15) is 0 Å². The van der Waals surface area contributed by atoms with Gasteiger partial charge >= 0.3 is 0 Å². The van der Waals surface area contributed by atoms with Crippen LogP contribution in [0.4, 0.5) is 0 Å². The number of nitrogens with one attached hydrogen (secondary N) is 2. The second kappa shape index (κ2) is 8.03. The number of benzene rings is 1. The molecule has 4 heteroatoms. The summed E-state index contributed by atoms with van der Waals surface area (Å²) in [6.45, 7) is 7.06. The highest BCUT2D eigenvalue weighted by Crippen LogP contribution is 2.15. The van der Waals surface area contributed by atoms with Gasteiger partial charge in [0.25, 0.3) is 5.91 Å². The van der Waals surface area contributed by atoms with Gasteiger partial charge in [0.05, 0.1) is 6.10 Å². The van der Waals surface area contributed by atoms with Gasteiger partial charge in [0.2, 0.25) is 0 Å². The van der Waals surface area contributed by atoms with Crippen molar-refractivity contribution in [2.45, 2.75) is 39.2 Å². The maximum atomic E-state index is 12.0. The van der Waals surface area contributed by atoms with Gasteiger partial charge in [-0.1, -0.05) is 6.92 Å².